The molecular weight excluding hydrogens is 160 g/mol. The molecule has 0 aromatic heterocycles. The first-order valence-electron chi connectivity index (χ1n) is 3.69. The Bertz CT molecular complexity index is 197. The van der Waals surface area contributed by atoms with Crippen LogP contribution in [-0.2, 0) is 9.59 Å². The van der Waals surface area contributed by atoms with Crippen molar-refractivity contribution in [2.24, 2.45) is 5.73 Å². The summed E-state index contributed by atoms with van der Waals surface area (Å²) in [5.74, 6) is -1.12. The number of nitrogens with two attached hydrogens (primary N) is 1. The lowest BCUT2D eigenvalue weighted by Gasteiger charge is -2.13. The lowest BCUT2D eigenvalue weighted by molar-refractivity contribution is -0.140. The van der Waals surface area contributed by atoms with E-state index in [2.05, 4.69) is 0 Å². The van der Waals surface area contributed by atoms with Gasteiger partial charge < -0.3 is 5.73 Å². The highest BCUT2D eigenvalue weighted by molar-refractivity contribution is 6.09. The van der Waals surface area contributed by atoms with Gasteiger partial charge in [-0.05, 0) is 0 Å². The topological polar surface area (TPSA) is 80.5 Å². The van der Waals surface area contributed by atoms with Crippen LogP contribution >= 0.6 is 0 Å². The van der Waals surface area contributed by atoms with Gasteiger partial charge in [0.1, 0.15) is 0 Å². The molecule has 0 bridgehead atoms. The zero-order valence-electron chi connectivity index (χ0n) is 7.16. The van der Waals surface area contributed by atoms with Gasteiger partial charge in [0.05, 0.1) is 0 Å². The molecule has 0 aliphatic heterocycles. The summed E-state index contributed by atoms with van der Waals surface area (Å²) in [7, 11) is 0. The highest BCUT2D eigenvalue weighted by Gasteiger charge is 2.22. The molecule has 0 aromatic carbocycles. The highest BCUT2D eigenvalue weighted by Crippen LogP contribution is 1.97. The zero-order chi connectivity index (χ0) is 9.72. The van der Waals surface area contributed by atoms with Crippen molar-refractivity contribution in [1.82, 2.24) is 4.90 Å². The van der Waals surface area contributed by atoms with Crippen molar-refractivity contribution in [3.05, 3.63) is 0 Å². The Balaban J connectivity index is 4.55. The average molecular weight is 172 g/mol. The lowest BCUT2D eigenvalue weighted by atomic mass is 10.3. The Hall–Kier alpha value is -1.39. The summed E-state index contributed by atoms with van der Waals surface area (Å²) in [5, 5.41) is 0. The van der Waals surface area contributed by atoms with Crippen LogP contribution in [0, 0.1) is 0 Å². The summed E-state index contributed by atoms with van der Waals surface area (Å²) < 4.78 is 0. The quantitative estimate of drug-likeness (QED) is 0.647. The number of carbonyl (C=O) groups is 3. The van der Waals surface area contributed by atoms with Crippen molar-refractivity contribution in [2.75, 3.05) is 0 Å². The summed E-state index contributed by atoms with van der Waals surface area (Å²) in [4.78, 5) is 33.0. The van der Waals surface area contributed by atoms with Gasteiger partial charge in [0.15, 0.2) is 0 Å². The second-order valence-corrected chi connectivity index (χ2v) is 2.17. The van der Waals surface area contributed by atoms with E-state index < -0.39 is 17.8 Å². The largest absolute Gasteiger partial charge is 0.351 e. The Morgan fingerprint density at radius 2 is 1.42 bits per heavy atom. The molecule has 68 valence electrons. The second-order valence-electron chi connectivity index (χ2n) is 2.17. The van der Waals surface area contributed by atoms with E-state index in [0.717, 1.165) is 0 Å². The van der Waals surface area contributed by atoms with E-state index >= 15 is 0 Å². The first kappa shape index (κ1) is 10.6. The highest BCUT2D eigenvalue weighted by atomic mass is 16.2. The van der Waals surface area contributed by atoms with Gasteiger partial charge in [-0.1, -0.05) is 13.8 Å². The third-order valence-electron chi connectivity index (χ3n) is 1.32. The molecule has 0 radical (unpaired) electrons. The maximum Gasteiger partial charge on any atom is 0.328 e. The second kappa shape index (κ2) is 4.48. The number of urea groups is 1. The van der Waals surface area contributed by atoms with Crippen molar-refractivity contribution < 1.29 is 14.4 Å². The fourth-order valence-electron chi connectivity index (χ4n) is 0.701. The van der Waals surface area contributed by atoms with Gasteiger partial charge in [0.25, 0.3) is 0 Å². The van der Waals surface area contributed by atoms with E-state index in [4.69, 9.17) is 5.73 Å². The monoisotopic (exact) mass is 172 g/mol. The van der Waals surface area contributed by atoms with Gasteiger partial charge in [0.2, 0.25) is 11.8 Å². The fraction of sp³-hybridized carbons (Fsp3) is 0.571. The van der Waals surface area contributed by atoms with Crippen LogP contribution in [0.4, 0.5) is 4.79 Å². The van der Waals surface area contributed by atoms with E-state index in [0.29, 0.717) is 4.90 Å². The predicted molar refractivity (Wildman–Crippen MR) is 42.0 cm³/mol. The summed E-state index contributed by atoms with van der Waals surface area (Å²) in [6.07, 6.45) is 0.184. The van der Waals surface area contributed by atoms with Crippen LogP contribution in [-0.4, -0.2) is 22.7 Å². The number of imide groups is 3. The van der Waals surface area contributed by atoms with Crippen molar-refractivity contribution in [3.63, 3.8) is 0 Å². The fourth-order valence-corrected chi connectivity index (χ4v) is 0.701. The smallest absolute Gasteiger partial charge is 0.328 e. The molecule has 0 fully saturated rings. The molecule has 12 heavy (non-hydrogen) atoms. The molecule has 0 heterocycles. The van der Waals surface area contributed by atoms with Gasteiger partial charge in [0, 0.05) is 12.8 Å². The Morgan fingerprint density at radius 1 is 1.08 bits per heavy atom. The van der Waals surface area contributed by atoms with Crippen LogP contribution in [0.1, 0.15) is 26.7 Å². The maximum atomic E-state index is 11.0. The molecule has 0 saturated heterocycles. The molecule has 0 aliphatic carbocycles. The SMILES string of the molecule is CCC(=O)N(C(N)=O)C(=O)CC. The van der Waals surface area contributed by atoms with E-state index in [9.17, 15) is 14.4 Å². The lowest BCUT2D eigenvalue weighted by Crippen LogP contribution is -2.44. The molecule has 0 unspecified atom stereocenters. The standard InChI is InChI=1S/C7H12N2O3/c1-3-5(10)9(7(8)12)6(11)4-2/h3-4H2,1-2H3,(H2,8,12). The van der Waals surface area contributed by atoms with Crippen LogP contribution in [0.5, 0.6) is 0 Å². The number of amides is 4. The number of rotatable bonds is 2. The normalized spacial score (nSPS) is 9.17. The Morgan fingerprint density at radius 3 is 1.58 bits per heavy atom. The molecule has 2 N–H and O–H groups in total. The Labute approximate surface area is 70.5 Å². The summed E-state index contributed by atoms with van der Waals surface area (Å²) in [6, 6.07) is -1.01. The summed E-state index contributed by atoms with van der Waals surface area (Å²) >= 11 is 0. The maximum absolute atomic E-state index is 11.0. The molecule has 0 spiro atoms. The van der Waals surface area contributed by atoms with E-state index in [1.165, 1.54) is 0 Å². The van der Waals surface area contributed by atoms with E-state index in [1.807, 2.05) is 0 Å². The van der Waals surface area contributed by atoms with Gasteiger partial charge in [-0.3, -0.25) is 9.59 Å². The van der Waals surface area contributed by atoms with Gasteiger partial charge in [-0.15, -0.1) is 0 Å². The van der Waals surface area contributed by atoms with Crippen molar-refractivity contribution in [3.8, 4) is 0 Å². The minimum absolute atomic E-state index is 0.0919. The van der Waals surface area contributed by atoms with Crippen LogP contribution in [0.25, 0.3) is 0 Å². The molecule has 0 rings (SSSR count). The first-order valence-corrected chi connectivity index (χ1v) is 3.69. The minimum atomic E-state index is -1.01. The molecule has 0 aromatic rings. The number of hydrogen-bond donors (Lipinski definition) is 1. The molecule has 4 amide bonds. The Kier molecular flexibility index (Phi) is 3.96. The third-order valence-corrected chi connectivity index (χ3v) is 1.32. The van der Waals surface area contributed by atoms with E-state index in [1.54, 1.807) is 13.8 Å². The minimum Gasteiger partial charge on any atom is -0.351 e. The number of nitrogens with zero attached hydrogens (tertiary/aromatic N) is 1. The molecule has 0 saturated carbocycles. The van der Waals surface area contributed by atoms with Gasteiger partial charge >= 0.3 is 6.03 Å². The van der Waals surface area contributed by atoms with Crippen molar-refractivity contribution in [1.29, 1.82) is 0 Å². The van der Waals surface area contributed by atoms with Crippen LogP contribution in [0.3, 0.4) is 0 Å². The first-order chi connectivity index (χ1) is 5.54. The van der Waals surface area contributed by atoms with Gasteiger partial charge in [-0.25, -0.2) is 9.69 Å². The summed E-state index contributed by atoms with van der Waals surface area (Å²) in [6.45, 7) is 3.11. The number of carbonyl (C=O) groups excluding carboxylic acids is 3. The predicted octanol–water partition coefficient (Wildman–Crippen LogP) is 0.240. The molecule has 0 aliphatic rings. The van der Waals surface area contributed by atoms with Crippen molar-refractivity contribution >= 4 is 17.8 Å². The van der Waals surface area contributed by atoms with Crippen LogP contribution in [0.2, 0.25) is 0 Å². The molecule has 5 nitrogen and oxygen atoms in total. The average Bonchev–Trinajstić information content (AvgIpc) is 2.03. The number of hydrogen-bond acceptors (Lipinski definition) is 3. The summed E-state index contributed by atoms with van der Waals surface area (Å²) in [5.41, 5.74) is 4.84. The zero-order valence-corrected chi connectivity index (χ0v) is 7.16. The molecule has 0 atom stereocenters. The molecular formula is C7H12N2O3. The van der Waals surface area contributed by atoms with Crippen LogP contribution < -0.4 is 5.73 Å². The number of primary amides is 1. The van der Waals surface area contributed by atoms with Crippen LogP contribution in [0.15, 0.2) is 0 Å². The van der Waals surface area contributed by atoms with Crippen molar-refractivity contribution in [2.45, 2.75) is 26.7 Å². The van der Waals surface area contributed by atoms with E-state index in [-0.39, 0.29) is 12.8 Å². The van der Waals surface area contributed by atoms with Gasteiger partial charge in [-0.2, -0.15) is 0 Å². The molecule has 5 heteroatoms. The third kappa shape index (κ3) is 2.34.